The van der Waals surface area contributed by atoms with Crippen LogP contribution in [0, 0.1) is 6.92 Å². The molecule has 1 unspecified atom stereocenters. The van der Waals surface area contributed by atoms with Gasteiger partial charge in [-0.3, -0.25) is 4.79 Å². The van der Waals surface area contributed by atoms with E-state index in [0.717, 1.165) is 16.0 Å². The first-order valence-electron chi connectivity index (χ1n) is 9.88. The largest absolute Gasteiger partial charge is 0.330 e. The lowest BCUT2D eigenvalue weighted by Gasteiger charge is -2.27. The fourth-order valence-corrected chi connectivity index (χ4v) is 6.12. The Morgan fingerprint density at radius 2 is 1.90 bits per heavy atom. The van der Waals surface area contributed by atoms with Gasteiger partial charge in [-0.05, 0) is 53.0 Å². The van der Waals surface area contributed by atoms with Crippen molar-refractivity contribution in [1.29, 1.82) is 0 Å². The maximum absolute atomic E-state index is 13.0. The first kappa shape index (κ1) is 21.8. The molecule has 0 bridgehead atoms. The van der Waals surface area contributed by atoms with Crippen molar-refractivity contribution in [3.05, 3.63) is 63.4 Å². The van der Waals surface area contributed by atoms with Gasteiger partial charge in [-0.25, -0.2) is 8.42 Å². The van der Waals surface area contributed by atoms with Gasteiger partial charge in [0.25, 0.3) is 0 Å². The average Bonchev–Trinajstić information content (AvgIpc) is 3.21. The third-order valence-electron chi connectivity index (χ3n) is 5.41. The normalized spacial score (nSPS) is 19.0. The van der Waals surface area contributed by atoms with Crippen LogP contribution in [0.4, 0.5) is 0 Å². The van der Waals surface area contributed by atoms with Gasteiger partial charge in [0.2, 0.25) is 5.91 Å². The van der Waals surface area contributed by atoms with Crippen molar-refractivity contribution in [3.8, 4) is 0 Å². The van der Waals surface area contributed by atoms with E-state index in [2.05, 4.69) is 32.9 Å². The number of sulfone groups is 1. The molecular weight excluding hydrogens is 402 g/mol. The maximum atomic E-state index is 13.0. The highest BCUT2D eigenvalue weighted by Gasteiger charge is 2.34. The zero-order chi connectivity index (χ0) is 21.2. The Balaban J connectivity index is 1.79. The molecule has 1 fully saturated rings. The number of hydrogen-bond donors (Lipinski definition) is 0. The van der Waals surface area contributed by atoms with Crippen LogP contribution in [0.2, 0.25) is 0 Å². The molecule has 2 aromatic rings. The van der Waals surface area contributed by atoms with Crippen LogP contribution in [0.5, 0.6) is 0 Å². The molecule has 1 aromatic heterocycles. The fraction of sp³-hybridized carbons (Fsp3) is 0.435. The van der Waals surface area contributed by atoms with Crippen LogP contribution in [0.3, 0.4) is 0 Å². The summed E-state index contributed by atoms with van der Waals surface area (Å²) >= 11 is 1.60. The fourth-order valence-electron chi connectivity index (χ4n) is 3.49. The summed E-state index contributed by atoms with van der Waals surface area (Å²) < 4.78 is 24.0. The van der Waals surface area contributed by atoms with Gasteiger partial charge in [-0.15, -0.1) is 11.3 Å². The number of aryl methyl sites for hydroxylation is 1. The monoisotopic (exact) mass is 431 g/mol. The molecule has 1 aliphatic heterocycles. The highest BCUT2D eigenvalue weighted by atomic mass is 32.2. The van der Waals surface area contributed by atoms with E-state index < -0.39 is 9.84 Å². The molecule has 1 amide bonds. The standard InChI is InChI=1S/C23H29NO3S2/c1-17-11-13-28-21(17)15-24(20-12-14-29(26,27)16-20)22(25)10-7-18-5-8-19(9-6-18)23(2,3)4/h5-11,13,20H,12,14-16H2,1-4H3/b10-7+. The third kappa shape index (κ3) is 5.58. The molecule has 0 radical (unpaired) electrons. The van der Waals surface area contributed by atoms with Gasteiger partial charge in [0.15, 0.2) is 9.84 Å². The van der Waals surface area contributed by atoms with E-state index in [1.165, 1.54) is 5.56 Å². The van der Waals surface area contributed by atoms with E-state index in [-0.39, 0.29) is 28.9 Å². The SMILES string of the molecule is Cc1ccsc1CN(C(=O)/C=C/c1ccc(C(C)(C)C)cc1)C1CCS(=O)(=O)C1. The minimum absolute atomic E-state index is 0.0529. The Kier molecular flexibility index (Phi) is 6.34. The molecule has 0 spiro atoms. The second-order valence-electron chi connectivity index (χ2n) is 8.76. The molecule has 156 valence electrons. The van der Waals surface area contributed by atoms with Crippen molar-refractivity contribution in [1.82, 2.24) is 4.90 Å². The molecule has 1 aromatic carbocycles. The van der Waals surface area contributed by atoms with E-state index in [1.54, 1.807) is 22.3 Å². The summed E-state index contributed by atoms with van der Waals surface area (Å²) in [4.78, 5) is 15.9. The molecule has 0 N–H and O–H groups in total. The maximum Gasteiger partial charge on any atom is 0.247 e. The van der Waals surface area contributed by atoms with Crippen LogP contribution < -0.4 is 0 Å². The molecule has 29 heavy (non-hydrogen) atoms. The van der Waals surface area contributed by atoms with Gasteiger partial charge in [0.1, 0.15) is 0 Å². The number of hydrogen-bond acceptors (Lipinski definition) is 4. The number of thiophene rings is 1. The molecule has 1 saturated heterocycles. The van der Waals surface area contributed by atoms with E-state index in [4.69, 9.17) is 0 Å². The van der Waals surface area contributed by atoms with Crippen molar-refractivity contribution in [3.63, 3.8) is 0 Å². The predicted octanol–water partition coefficient (Wildman–Crippen LogP) is 4.58. The van der Waals surface area contributed by atoms with Crippen LogP contribution in [-0.2, 0) is 26.6 Å². The molecule has 0 saturated carbocycles. The van der Waals surface area contributed by atoms with Gasteiger partial charge in [0, 0.05) is 17.0 Å². The molecule has 0 aliphatic carbocycles. The Morgan fingerprint density at radius 3 is 2.41 bits per heavy atom. The summed E-state index contributed by atoms with van der Waals surface area (Å²) in [5.74, 6) is 0.0694. The Hall–Kier alpha value is -1.92. The van der Waals surface area contributed by atoms with Gasteiger partial charge < -0.3 is 4.90 Å². The number of amides is 1. The Bertz CT molecular complexity index is 995. The van der Waals surface area contributed by atoms with Crippen LogP contribution in [0.1, 0.15) is 48.8 Å². The minimum Gasteiger partial charge on any atom is -0.330 e. The van der Waals surface area contributed by atoms with Crippen LogP contribution in [0.25, 0.3) is 6.08 Å². The minimum atomic E-state index is -3.06. The number of nitrogens with zero attached hydrogens (tertiary/aromatic N) is 1. The molecule has 1 aliphatic rings. The molecule has 1 atom stereocenters. The molecule has 4 nitrogen and oxygen atoms in total. The number of rotatable bonds is 5. The van der Waals surface area contributed by atoms with Crippen molar-refractivity contribution in [2.75, 3.05) is 11.5 Å². The van der Waals surface area contributed by atoms with E-state index in [1.807, 2.05) is 36.6 Å². The Labute approximate surface area is 178 Å². The average molecular weight is 432 g/mol. The second-order valence-corrected chi connectivity index (χ2v) is 12.0. The molecule has 2 heterocycles. The summed E-state index contributed by atoms with van der Waals surface area (Å²) in [6.45, 7) is 8.98. The van der Waals surface area contributed by atoms with Gasteiger partial charge in [0.05, 0.1) is 18.1 Å². The van der Waals surface area contributed by atoms with Crippen LogP contribution in [0.15, 0.2) is 41.8 Å². The number of carbonyl (C=O) groups excluding carboxylic acids is 1. The van der Waals surface area contributed by atoms with Crippen LogP contribution >= 0.6 is 11.3 Å². The first-order chi connectivity index (χ1) is 13.5. The summed E-state index contributed by atoms with van der Waals surface area (Å²) in [7, 11) is -3.06. The number of carbonyl (C=O) groups is 1. The highest BCUT2D eigenvalue weighted by Crippen LogP contribution is 2.25. The predicted molar refractivity (Wildman–Crippen MR) is 121 cm³/mol. The van der Waals surface area contributed by atoms with E-state index >= 15 is 0 Å². The molecule has 3 rings (SSSR count). The quantitative estimate of drug-likeness (QED) is 0.651. The van der Waals surface area contributed by atoms with E-state index in [0.29, 0.717) is 13.0 Å². The zero-order valence-electron chi connectivity index (χ0n) is 17.5. The van der Waals surface area contributed by atoms with Gasteiger partial charge in [-0.2, -0.15) is 0 Å². The van der Waals surface area contributed by atoms with Crippen molar-refractivity contribution in [2.24, 2.45) is 0 Å². The first-order valence-corrected chi connectivity index (χ1v) is 12.6. The topological polar surface area (TPSA) is 54.5 Å². The lowest BCUT2D eigenvalue weighted by molar-refractivity contribution is -0.128. The highest BCUT2D eigenvalue weighted by molar-refractivity contribution is 7.91. The van der Waals surface area contributed by atoms with Gasteiger partial charge in [-0.1, -0.05) is 45.0 Å². The molecular formula is C23H29NO3S2. The smallest absolute Gasteiger partial charge is 0.247 e. The van der Waals surface area contributed by atoms with Crippen molar-refractivity contribution >= 4 is 33.2 Å². The van der Waals surface area contributed by atoms with E-state index in [9.17, 15) is 13.2 Å². The summed E-state index contributed by atoms with van der Waals surface area (Å²) in [5.41, 5.74) is 3.42. The van der Waals surface area contributed by atoms with Crippen LogP contribution in [-0.4, -0.2) is 36.8 Å². The van der Waals surface area contributed by atoms with Crippen molar-refractivity contribution in [2.45, 2.75) is 52.1 Å². The molecule has 6 heteroatoms. The zero-order valence-corrected chi connectivity index (χ0v) is 19.1. The summed E-state index contributed by atoms with van der Waals surface area (Å²) in [6, 6.07) is 9.96. The Morgan fingerprint density at radius 1 is 1.21 bits per heavy atom. The lowest BCUT2D eigenvalue weighted by Crippen LogP contribution is -2.39. The summed E-state index contributed by atoms with van der Waals surface area (Å²) in [6.07, 6.45) is 3.89. The van der Waals surface area contributed by atoms with Gasteiger partial charge >= 0.3 is 0 Å². The number of benzene rings is 1. The third-order valence-corrected chi connectivity index (χ3v) is 8.17. The van der Waals surface area contributed by atoms with Crippen molar-refractivity contribution < 1.29 is 13.2 Å². The second kappa shape index (κ2) is 8.44. The summed E-state index contributed by atoms with van der Waals surface area (Å²) in [5, 5.41) is 2.01. The lowest BCUT2D eigenvalue weighted by atomic mass is 9.87.